The van der Waals surface area contributed by atoms with Gasteiger partial charge in [0.25, 0.3) is 0 Å². The quantitative estimate of drug-likeness (QED) is 0.845. The van der Waals surface area contributed by atoms with Gasteiger partial charge in [-0.05, 0) is 47.5 Å². The van der Waals surface area contributed by atoms with Crippen molar-refractivity contribution < 1.29 is 14.6 Å². The summed E-state index contributed by atoms with van der Waals surface area (Å²) in [4.78, 5) is 0. The van der Waals surface area contributed by atoms with Crippen molar-refractivity contribution in [2.45, 2.75) is 26.0 Å². The highest BCUT2D eigenvalue weighted by molar-refractivity contribution is 9.10. The van der Waals surface area contributed by atoms with Crippen LogP contribution in [-0.2, 0) is 6.54 Å². The van der Waals surface area contributed by atoms with Crippen LogP contribution in [0.3, 0.4) is 0 Å². The number of aliphatic hydroxyl groups is 1. The van der Waals surface area contributed by atoms with Crippen molar-refractivity contribution in [2.75, 3.05) is 20.8 Å². The van der Waals surface area contributed by atoms with Gasteiger partial charge in [0.2, 0.25) is 0 Å². The molecule has 0 aliphatic rings. The molecule has 0 radical (unpaired) electrons. The summed E-state index contributed by atoms with van der Waals surface area (Å²) in [5.74, 6) is 1.37. The molecule has 1 aromatic rings. The zero-order valence-corrected chi connectivity index (χ0v) is 12.8. The number of hydrogen-bond acceptors (Lipinski definition) is 4. The molecule has 1 rings (SSSR count). The second kappa shape index (κ2) is 6.41. The third kappa shape index (κ3) is 4.48. The van der Waals surface area contributed by atoms with Gasteiger partial charge in [0.05, 0.1) is 24.3 Å². The van der Waals surface area contributed by atoms with Crippen molar-refractivity contribution in [3.8, 4) is 11.5 Å². The summed E-state index contributed by atoms with van der Waals surface area (Å²) in [5.41, 5.74) is 0.345. The van der Waals surface area contributed by atoms with Gasteiger partial charge in [-0.2, -0.15) is 0 Å². The minimum absolute atomic E-state index is 0.527. The summed E-state index contributed by atoms with van der Waals surface area (Å²) < 4.78 is 11.4. The van der Waals surface area contributed by atoms with Gasteiger partial charge in [0.15, 0.2) is 11.5 Å². The van der Waals surface area contributed by atoms with Gasteiger partial charge in [0, 0.05) is 13.1 Å². The highest BCUT2D eigenvalue weighted by Gasteiger charge is 2.13. The van der Waals surface area contributed by atoms with E-state index in [9.17, 15) is 5.11 Å². The van der Waals surface area contributed by atoms with Crippen LogP contribution in [-0.4, -0.2) is 31.5 Å². The number of rotatable bonds is 6. The standard InChI is InChI=1S/C13H20BrNO3/c1-13(2,16)8-15-7-9-5-10(14)12(18-4)11(6-9)17-3/h5-6,15-16H,7-8H2,1-4H3. The van der Waals surface area contributed by atoms with E-state index in [1.54, 1.807) is 28.1 Å². The average molecular weight is 318 g/mol. The van der Waals surface area contributed by atoms with E-state index < -0.39 is 5.60 Å². The van der Waals surface area contributed by atoms with E-state index in [1.165, 1.54) is 0 Å². The highest BCUT2D eigenvalue weighted by Crippen LogP contribution is 2.36. The van der Waals surface area contributed by atoms with Crippen LogP contribution in [0.4, 0.5) is 0 Å². The number of ether oxygens (including phenoxy) is 2. The maximum Gasteiger partial charge on any atom is 0.174 e. The van der Waals surface area contributed by atoms with Gasteiger partial charge >= 0.3 is 0 Å². The minimum Gasteiger partial charge on any atom is -0.493 e. The molecule has 18 heavy (non-hydrogen) atoms. The van der Waals surface area contributed by atoms with Crippen LogP contribution in [0.25, 0.3) is 0 Å². The lowest BCUT2D eigenvalue weighted by Gasteiger charge is -2.18. The van der Waals surface area contributed by atoms with Crippen LogP contribution in [0.2, 0.25) is 0 Å². The molecule has 0 spiro atoms. The summed E-state index contributed by atoms with van der Waals surface area (Å²) in [6.07, 6.45) is 0. The second-order valence-corrected chi connectivity index (χ2v) is 5.58. The van der Waals surface area contributed by atoms with Gasteiger partial charge in [0.1, 0.15) is 0 Å². The molecule has 0 bridgehead atoms. The fourth-order valence-corrected chi connectivity index (χ4v) is 2.24. The first-order chi connectivity index (χ1) is 8.37. The lowest BCUT2D eigenvalue weighted by Crippen LogP contribution is -2.34. The van der Waals surface area contributed by atoms with E-state index in [-0.39, 0.29) is 0 Å². The molecule has 0 aliphatic heterocycles. The number of halogens is 1. The Hall–Kier alpha value is -0.780. The van der Waals surface area contributed by atoms with Crippen molar-refractivity contribution in [2.24, 2.45) is 0 Å². The highest BCUT2D eigenvalue weighted by atomic mass is 79.9. The number of benzene rings is 1. The Morgan fingerprint density at radius 3 is 2.44 bits per heavy atom. The van der Waals surface area contributed by atoms with E-state index in [0.717, 1.165) is 10.0 Å². The fourth-order valence-electron chi connectivity index (χ4n) is 1.59. The molecule has 0 fully saturated rings. The number of nitrogens with one attached hydrogen (secondary N) is 1. The molecule has 0 atom stereocenters. The Labute approximate surface area is 116 Å². The molecule has 2 N–H and O–H groups in total. The Balaban J connectivity index is 2.76. The molecular formula is C13H20BrNO3. The molecule has 0 unspecified atom stereocenters. The van der Waals surface area contributed by atoms with Crippen molar-refractivity contribution in [1.82, 2.24) is 5.32 Å². The zero-order valence-electron chi connectivity index (χ0n) is 11.2. The van der Waals surface area contributed by atoms with Gasteiger partial charge in [-0.1, -0.05) is 0 Å². The summed E-state index contributed by atoms with van der Waals surface area (Å²) in [5, 5.41) is 12.8. The smallest absolute Gasteiger partial charge is 0.174 e. The fraction of sp³-hybridized carbons (Fsp3) is 0.538. The van der Waals surface area contributed by atoms with Crippen LogP contribution in [0.5, 0.6) is 11.5 Å². The minimum atomic E-state index is -0.714. The predicted octanol–water partition coefficient (Wildman–Crippen LogP) is 2.33. The van der Waals surface area contributed by atoms with Crippen molar-refractivity contribution in [3.05, 3.63) is 22.2 Å². The SMILES string of the molecule is COc1cc(CNCC(C)(C)O)cc(Br)c1OC. The Morgan fingerprint density at radius 2 is 1.94 bits per heavy atom. The van der Waals surface area contributed by atoms with Gasteiger partial charge < -0.3 is 19.9 Å². The first-order valence-corrected chi connectivity index (χ1v) is 6.50. The molecule has 0 saturated carbocycles. The van der Waals surface area contributed by atoms with Crippen LogP contribution >= 0.6 is 15.9 Å². The molecule has 4 nitrogen and oxygen atoms in total. The Bertz CT molecular complexity index is 402. The normalized spacial score (nSPS) is 11.4. The van der Waals surface area contributed by atoms with Crippen LogP contribution in [0.15, 0.2) is 16.6 Å². The average Bonchev–Trinajstić information content (AvgIpc) is 2.26. The third-order valence-electron chi connectivity index (χ3n) is 2.38. The summed E-state index contributed by atoms with van der Waals surface area (Å²) in [7, 11) is 3.22. The van der Waals surface area contributed by atoms with Crippen molar-refractivity contribution in [1.29, 1.82) is 0 Å². The number of methoxy groups -OCH3 is 2. The summed E-state index contributed by atoms with van der Waals surface area (Å²) in [6, 6.07) is 3.89. The zero-order chi connectivity index (χ0) is 13.8. The monoisotopic (exact) mass is 317 g/mol. The van der Waals surface area contributed by atoms with E-state index in [0.29, 0.717) is 24.6 Å². The van der Waals surface area contributed by atoms with Crippen LogP contribution in [0.1, 0.15) is 19.4 Å². The van der Waals surface area contributed by atoms with Crippen molar-refractivity contribution in [3.63, 3.8) is 0 Å². The van der Waals surface area contributed by atoms with E-state index in [1.807, 2.05) is 12.1 Å². The van der Waals surface area contributed by atoms with Crippen molar-refractivity contribution >= 4 is 15.9 Å². The third-order valence-corrected chi connectivity index (χ3v) is 2.97. The van der Waals surface area contributed by atoms with Gasteiger partial charge in [-0.15, -0.1) is 0 Å². The maximum atomic E-state index is 9.62. The molecule has 0 aliphatic carbocycles. The molecule has 0 saturated heterocycles. The summed E-state index contributed by atoms with van der Waals surface area (Å²) >= 11 is 3.45. The Morgan fingerprint density at radius 1 is 1.28 bits per heavy atom. The number of hydrogen-bond donors (Lipinski definition) is 2. The van der Waals surface area contributed by atoms with Crippen LogP contribution < -0.4 is 14.8 Å². The first-order valence-electron chi connectivity index (χ1n) is 5.71. The molecule has 102 valence electrons. The van der Waals surface area contributed by atoms with E-state index in [4.69, 9.17) is 9.47 Å². The van der Waals surface area contributed by atoms with Gasteiger partial charge in [-0.3, -0.25) is 0 Å². The Kier molecular flexibility index (Phi) is 5.44. The van der Waals surface area contributed by atoms with E-state index in [2.05, 4.69) is 21.2 Å². The topological polar surface area (TPSA) is 50.7 Å². The lowest BCUT2D eigenvalue weighted by molar-refractivity contribution is 0.0795. The predicted molar refractivity (Wildman–Crippen MR) is 75.3 cm³/mol. The largest absolute Gasteiger partial charge is 0.493 e. The van der Waals surface area contributed by atoms with Gasteiger partial charge in [-0.25, -0.2) is 0 Å². The molecule has 5 heteroatoms. The molecule has 0 heterocycles. The molecule has 0 aromatic heterocycles. The molecular weight excluding hydrogens is 298 g/mol. The lowest BCUT2D eigenvalue weighted by atomic mass is 10.1. The van der Waals surface area contributed by atoms with Crippen LogP contribution in [0, 0.1) is 0 Å². The molecule has 1 aromatic carbocycles. The first kappa shape index (κ1) is 15.3. The summed E-state index contributed by atoms with van der Waals surface area (Å²) in [6.45, 7) is 4.72. The maximum absolute atomic E-state index is 9.62. The molecule has 0 amide bonds. The van der Waals surface area contributed by atoms with E-state index >= 15 is 0 Å². The second-order valence-electron chi connectivity index (χ2n) is 4.73.